The molecule has 1 aromatic heterocycles. The molecule has 3 rings (SSSR count). The van der Waals surface area contributed by atoms with Crippen molar-refractivity contribution in [2.24, 2.45) is 0 Å². The van der Waals surface area contributed by atoms with Gasteiger partial charge in [-0.1, -0.05) is 0 Å². The molecule has 0 radical (unpaired) electrons. The van der Waals surface area contributed by atoms with Gasteiger partial charge in [0.15, 0.2) is 0 Å². The fourth-order valence-electron chi connectivity index (χ4n) is 2.59. The van der Waals surface area contributed by atoms with Crippen LogP contribution in [0.3, 0.4) is 0 Å². The molecule has 0 aliphatic carbocycles. The molecule has 132 valence electrons. The SMILES string of the molecule is CC1NCCCC1NC(=O)c1csc(-c2ccc(F)cc2)n1.Cl.Cl. The maximum Gasteiger partial charge on any atom is 0.271 e. The van der Waals surface area contributed by atoms with Crippen molar-refractivity contribution in [2.75, 3.05) is 6.54 Å². The highest BCUT2D eigenvalue weighted by Gasteiger charge is 2.23. The van der Waals surface area contributed by atoms with E-state index in [9.17, 15) is 9.18 Å². The fourth-order valence-corrected chi connectivity index (χ4v) is 3.39. The average molecular weight is 392 g/mol. The van der Waals surface area contributed by atoms with E-state index in [4.69, 9.17) is 0 Å². The van der Waals surface area contributed by atoms with E-state index in [-0.39, 0.29) is 48.6 Å². The van der Waals surface area contributed by atoms with Gasteiger partial charge in [-0.05, 0) is 50.6 Å². The van der Waals surface area contributed by atoms with Crippen LogP contribution in [0.4, 0.5) is 4.39 Å². The zero-order valence-electron chi connectivity index (χ0n) is 13.1. The molecule has 1 amide bonds. The normalized spacial score (nSPS) is 19.8. The third-order valence-electron chi connectivity index (χ3n) is 3.91. The molecule has 2 atom stereocenters. The number of hydrogen-bond donors (Lipinski definition) is 2. The average Bonchev–Trinajstić information content (AvgIpc) is 3.00. The number of nitrogens with zero attached hydrogens (tertiary/aromatic N) is 1. The van der Waals surface area contributed by atoms with E-state index in [1.54, 1.807) is 17.5 Å². The first kappa shape index (κ1) is 20.8. The van der Waals surface area contributed by atoms with Crippen molar-refractivity contribution in [1.82, 2.24) is 15.6 Å². The van der Waals surface area contributed by atoms with Gasteiger partial charge < -0.3 is 10.6 Å². The van der Waals surface area contributed by atoms with Crippen LogP contribution in [0.25, 0.3) is 10.6 Å². The van der Waals surface area contributed by atoms with Crippen LogP contribution in [0.2, 0.25) is 0 Å². The van der Waals surface area contributed by atoms with Gasteiger partial charge in [-0.15, -0.1) is 36.2 Å². The summed E-state index contributed by atoms with van der Waals surface area (Å²) in [6.07, 6.45) is 2.04. The molecule has 1 fully saturated rings. The van der Waals surface area contributed by atoms with E-state index in [0.29, 0.717) is 5.69 Å². The number of aromatic nitrogens is 1. The Morgan fingerprint density at radius 3 is 2.71 bits per heavy atom. The van der Waals surface area contributed by atoms with Gasteiger partial charge in [0.25, 0.3) is 5.91 Å². The highest BCUT2D eigenvalue weighted by molar-refractivity contribution is 7.13. The number of carbonyl (C=O) groups is 1. The first-order chi connectivity index (χ1) is 10.6. The van der Waals surface area contributed by atoms with Gasteiger partial charge in [0.2, 0.25) is 0 Å². The summed E-state index contributed by atoms with van der Waals surface area (Å²) in [6.45, 7) is 3.08. The van der Waals surface area contributed by atoms with Gasteiger partial charge in [0.1, 0.15) is 16.5 Å². The predicted molar refractivity (Wildman–Crippen MR) is 100.0 cm³/mol. The predicted octanol–water partition coefficient (Wildman–Crippen LogP) is 3.66. The Bertz CT molecular complexity index is 666. The number of piperidine rings is 1. The van der Waals surface area contributed by atoms with E-state index in [1.807, 2.05) is 0 Å². The monoisotopic (exact) mass is 391 g/mol. The molecule has 1 aliphatic rings. The second-order valence-electron chi connectivity index (χ2n) is 5.51. The van der Waals surface area contributed by atoms with Crippen molar-refractivity contribution in [1.29, 1.82) is 0 Å². The summed E-state index contributed by atoms with van der Waals surface area (Å²) in [5, 5.41) is 8.87. The van der Waals surface area contributed by atoms with Crippen molar-refractivity contribution < 1.29 is 9.18 Å². The Morgan fingerprint density at radius 1 is 1.33 bits per heavy atom. The molecular weight excluding hydrogens is 372 g/mol. The Hall–Kier alpha value is -1.21. The van der Waals surface area contributed by atoms with E-state index in [2.05, 4.69) is 22.5 Å². The molecule has 2 heterocycles. The van der Waals surface area contributed by atoms with Crippen molar-refractivity contribution in [3.8, 4) is 10.6 Å². The molecule has 1 aromatic carbocycles. The van der Waals surface area contributed by atoms with Gasteiger partial charge in [-0.2, -0.15) is 0 Å². The maximum atomic E-state index is 12.9. The molecule has 2 N–H and O–H groups in total. The number of hydrogen-bond acceptors (Lipinski definition) is 4. The zero-order chi connectivity index (χ0) is 15.5. The van der Waals surface area contributed by atoms with E-state index in [1.165, 1.54) is 23.5 Å². The molecule has 1 aliphatic heterocycles. The van der Waals surface area contributed by atoms with Crippen LogP contribution in [0, 0.1) is 5.82 Å². The van der Waals surface area contributed by atoms with E-state index in [0.717, 1.165) is 30.0 Å². The first-order valence-corrected chi connectivity index (χ1v) is 8.27. The summed E-state index contributed by atoms with van der Waals surface area (Å²) < 4.78 is 12.9. The van der Waals surface area contributed by atoms with Crippen LogP contribution in [0.1, 0.15) is 30.3 Å². The van der Waals surface area contributed by atoms with Gasteiger partial charge in [-0.25, -0.2) is 9.37 Å². The van der Waals surface area contributed by atoms with Crippen LogP contribution in [-0.2, 0) is 0 Å². The van der Waals surface area contributed by atoms with Crippen molar-refractivity contribution in [3.05, 3.63) is 41.2 Å². The first-order valence-electron chi connectivity index (χ1n) is 7.39. The lowest BCUT2D eigenvalue weighted by Crippen LogP contribution is -2.51. The van der Waals surface area contributed by atoms with Crippen LogP contribution in [0.15, 0.2) is 29.6 Å². The Kier molecular flexibility index (Phi) is 8.09. The molecule has 4 nitrogen and oxygen atoms in total. The largest absolute Gasteiger partial charge is 0.346 e. The summed E-state index contributed by atoms with van der Waals surface area (Å²) in [5.41, 5.74) is 1.24. The summed E-state index contributed by atoms with van der Waals surface area (Å²) in [6, 6.07) is 6.54. The lowest BCUT2D eigenvalue weighted by molar-refractivity contribution is 0.0915. The summed E-state index contributed by atoms with van der Waals surface area (Å²) in [7, 11) is 0. The second-order valence-corrected chi connectivity index (χ2v) is 6.37. The zero-order valence-corrected chi connectivity index (χ0v) is 15.6. The van der Waals surface area contributed by atoms with Crippen LogP contribution in [0.5, 0.6) is 0 Å². The van der Waals surface area contributed by atoms with Crippen LogP contribution >= 0.6 is 36.2 Å². The quantitative estimate of drug-likeness (QED) is 0.838. The van der Waals surface area contributed by atoms with Gasteiger partial charge in [0, 0.05) is 23.0 Å². The number of amides is 1. The number of benzene rings is 1. The summed E-state index contributed by atoms with van der Waals surface area (Å²) in [5.74, 6) is -0.428. The second kappa shape index (κ2) is 9.32. The molecule has 24 heavy (non-hydrogen) atoms. The minimum absolute atomic E-state index is 0. The topological polar surface area (TPSA) is 54.0 Å². The number of rotatable bonds is 3. The van der Waals surface area contributed by atoms with Crippen LogP contribution in [-0.4, -0.2) is 29.5 Å². The maximum absolute atomic E-state index is 12.9. The molecule has 1 saturated heterocycles. The standard InChI is InChI=1S/C16H18FN3OS.2ClH/c1-10-13(3-2-8-18-10)19-15(21)14-9-22-16(20-14)11-4-6-12(17)7-5-11;;/h4-7,9-10,13,18H,2-3,8H2,1H3,(H,19,21);2*1H. The van der Waals surface area contributed by atoms with Crippen molar-refractivity contribution in [2.45, 2.75) is 31.8 Å². The highest BCUT2D eigenvalue weighted by atomic mass is 35.5. The summed E-state index contributed by atoms with van der Waals surface area (Å²) in [4.78, 5) is 16.7. The van der Waals surface area contributed by atoms with Crippen molar-refractivity contribution >= 4 is 42.1 Å². The minimum Gasteiger partial charge on any atom is -0.346 e. The molecule has 0 saturated carbocycles. The molecular formula is C16H20Cl2FN3OS. The molecule has 8 heteroatoms. The highest BCUT2D eigenvalue weighted by Crippen LogP contribution is 2.24. The molecule has 0 spiro atoms. The lowest BCUT2D eigenvalue weighted by Gasteiger charge is -2.30. The Balaban J connectivity index is 0.00000144. The Labute approximate surface area is 157 Å². The number of nitrogens with one attached hydrogen (secondary N) is 2. The Morgan fingerprint density at radius 2 is 2.04 bits per heavy atom. The molecule has 2 unspecified atom stereocenters. The number of halogens is 3. The van der Waals surface area contributed by atoms with Gasteiger partial charge in [-0.3, -0.25) is 4.79 Å². The fraction of sp³-hybridized carbons (Fsp3) is 0.375. The minimum atomic E-state index is -0.281. The van der Waals surface area contributed by atoms with Gasteiger partial charge >= 0.3 is 0 Å². The van der Waals surface area contributed by atoms with Crippen LogP contribution < -0.4 is 10.6 Å². The smallest absolute Gasteiger partial charge is 0.271 e. The summed E-state index contributed by atoms with van der Waals surface area (Å²) >= 11 is 1.39. The lowest BCUT2D eigenvalue weighted by atomic mass is 10.00. The third kappa shape index (κ3) is 4.89. The van der Waals surface area contributed by atoms with Gasteiger partial charge in [0.05, 0.1) is 0 Å². The van der Waals surface area contributed by atoms with E-state index >= 15 is 0 Å². The molecule has 2 aromatic rings. The molecule has 0 bridgehead atoms. The van der Waals surface area contributed by atoms with E-state index < -0.39 is 0 Å². The number of thiazole rings is 1. The van der Waals surface area contributed by atoms with Crippen molar-refractivity contribution in [3.63, 3.8) is 0 Å². The third-order valence-corrected chi connectivity index (χ3v) is 4.80. The number of carbonyl (C=O) groups excluding carboxylic acids is 1.